The zero-order chi connectivity index (χ0) is 16.9. The monoisotopic (exact) mass is 330 g/mol. The molecular formula is C12H7BF4N2O4. The maximum Gasteiger partial charge on any atom is 0.798 e. The van der Waals surface area contributed by atoms with E-state index < -0.39 is 47.2 Å². The first-order valence-corrected chi connectivity index (χ1v) is 6.22. The van der Waals surface area contributed by atoms with Crippen LogP contribution in [0.15, 0.2) is 17.1 Å². The number of hydrogen-bond donors (Lipinski definition) is 0. The Balaban J connectivity index is 2.36. The molecule has 0 amide bonds. The van der Waals surface area contributed by atoms with Gasteiger partial charge in [0.05, 0.1) is 5.39 Å². The van der Waals surface area contributed by atoms with Gasteiger partial charge in [0.15, 0.2) is 18.3 Å². The fourth-order valence-electron chi connectivity index (χ4n) is 2.30. The summed E-state index contributed by atoms with van der Waals surface area (Å²) in [5.41, 5.74) is -1.92. The highest BCUT2D eigenvalue weighted by Crippen LogP contribution is 2.32. The Morgan fingerprint density at radius 2 is 2.09 bits per heavy atom. The van der Waals surface area contributed by atoms with Crippen molar-refractivity contribution >= 4 is 24.3 Å². The van der Waals surface area contributed by atoms with Crippen LogP contribution in [-0.4, -0.2) is 31.9 Å². The van der Waals surface area contributed by atoms with E-state index in [0.29, 0.717) is 6.07 Å². The van der Waals surface area contributed by atoms with Gasteiger partial charge in [-0.15, -0.1) is 0 Å². The van der Waals surface area contributed by atoms with Gasteiger partial charge >= 0.3 is 13.4 Å². The number of carbonyl (C=O) groups is 1. The standard InChI is InChI=1S/C12H7BF4N2O4/c1-18-4-22-11-8(15)7(14)2-5-9(11)19(18)3-6(10(5)20)12(21)23-13(16)17/h2-3H,4H2,1H3. The van der Waals surface area contributed by atoms with Crippen molar-refractivity contribution in [2.45, 2.75) is 0 Å². The zero-order valence-corrected chi connectivity index (χ0v) is 11.5. The first-order chi connectivity index (χ1) is 10.8. The summed E-state index contributed by atoms with van der Waals surface area (Å²) in [4.78, 5) is 23.9. The van der Waals surface area contributed by atoms with E-state index in [1.165, 1.54) is 12.1 Å². The lowest BCUT2D eigenvalue weighted by Gasteiger charge is -2.30. The number of hydrogen-bond acceptors (Lipinski definition) is 5. The molecule has 1 aromatic heterocycles. The van der Waals surface area contributed by atoms with Gasteiger partial charge in [0.1, 0.15) is 11.1 Å². The van der Waals surface area contributed by atoms with E-state index in [1.54, 1.807) is 0 Å². The third kappa shape index (κ3) is 2.28. The van der Waals surface area contributed by atoms with Crippen LogP contribution in [0.1, 0.15) is 10.4 Å². The lowest BCUT2D eigenvalue weighted by Crippen LogP contribution is -2.40. The van der Waals surface area contributed by atoms with Gasteiger partial charge in [-0.3, -0.25) is 14.5 Å². The highest BCUT2D eigenvalue weighted by molar-refractivity contribution is 6.38. The fourth-order valence-corrected chi connectivity index (χ4v) is 2.30. The molecule has 2 heterocycles. The molecule has 0 unspecified atom stereocenters. The van der Waals surface area contributed by atoms with Crippen LogP contribution in [0.5, 0.6) is 5.75 Å². The van der Waals surface area contributed by atoms with Crippen LogP contribution in [0.4, 0.5) is 17.4 Å². The van der Waals surface area contributed by atoms with Crippen LogP contribution in [-0.2, 0) is 4.65 Å². The molecule has 1 aliphatic rings. The molecule has 11 heteroatoms. The van der Waals surface area contributed by atoms with Crippen LogP contribution in [0.3, 0.4) is 0 Å². The normalized spacial score (nSPS) is 13.0. The van der Waals surface area contributed by atoms with Gasteiger partial charge in [-0.2, -0.15) is 4.39 Å². The van der Waals surface area contributed by atoms with Crippen molar-refractivity contribution in [1.82, 2.24) is 4.68 Å². The molecule has 6 nitrogen and oxygen atoms in total. The van der Waals surface area contributed by atoms with Crippen LogP contribution < -0.4 is 15.2 Å². The van der Waals surface area contributed by atoms with Crippen molar-refractivity contribution in [2.24, 2.45) is 0 Å². The minimum atomic E-state index is -3.42. The first kappa shape index (κ1) is 15.2. The molecule has 120 valence electrons. The van der Waals surface area contributed by atoms with E-state index in [4.69, 9.17) is 4.74 Å². The molecule has 1 aliphatic heterocycles. The second kappa shape index (κ2) is 5.18. The van der Waals surface area contributed by atoms with E-state index in [1.807, 2.05) is 0 Å². The van der Waals surface area contributed by atoms with Crippen molar-refractivity contribution in [3.8, 4) is 5.75 Å². The molecule has 0 radical (unpaired) electrons. The van der Waals surface area contributed by atoms with Gasteiger partial charge in [-0.25, -0.2) is 17.8 Å². The summed E-state index contributed by atoms with van der Waals surface area (Å²) in [6.07, 6.45) is 0.915. The molecule has 0 saturated heterocycles. The van der Waals surface area contributed by atoms with E-state index in [2.05, 4.69) is 4.65 Å². The maximum absolute atomic E-state index is 13.8. The molecule has 0 fully saturated rings. The largest absolute Gasteiger partial charge is 0.798 e. The number of carbonyl (C=O) groups excluding carboxylic acids is 1. The second-order valence-electron chi connectivity index (χ2n) is 4.71. The molecule has 0 bridgehead atoms. The lowest BCUT2D eigenvalue weighted by atomic mass is 10.1. The van der Waals surface area contributed by atoms with Gasteiger partial charge in [-0.1, -0.05) is 0 Å². The van der Waals surface area contributed by atoms with Crippen molar-refractivity contribution < 1.29 is 31.6 Å². The molecule has 2 aromatic rings. The van der Waals surface area contributed by atoms with E-state index in [9.17, 15) is 27.0 Å². The predicted molar refractivity (Wildman–Crippen MR) is 71.1 cm³/mol. The summed E-state index contributed by atoms with van der Waals surface area (Å²) in [6.45, 7) is -0.214. The smallest absolute Gasteiger partial charge is 0.474 e. The summed E-state index contributed by atoms with van der Waals surface area (Å²) in [7, 11) is -1.95. The van der Waals surface area contributed by atoms with Crippen LogP contribution in [0.25, 0.3) is 10.9 Å². The summed E-state index contributed by atoms with van der Waals surface area (Å²) in [5, 5.41) is 0.930. The maximum atomic E-state index is 13.8. The molecule has 23 heavy (non-hydrogen) atoms. The number of nitrogens with zero attached hydrogens (tertiary/aromatic N) is 2. The molecule has 0 atom stereocenters. The second-order valence-corrected chi connectivity index (χ2v) is 4.71. The van der Waals surface area contributed by atoms with Gasteiger partial charge in [0.2, 0.25) is 11.2 Å². The molecular weight excluding hydrogens is 323 g/mol. The highest BCUT2D eigenvalue weighted by Gasteiger charge is 2.30. The zero-order valence-electron chi connectivity index (χ0n) is 11.5. The summed E-state index contributed by atoms with van der Waals surface area (Å²) < 4.78 is 61.7. The third-order valence-corrected chi connectivity index (χ3v) is 3.30. The molecule has 0 N–H and O–H groups in total. The fraction of sp³-hybridized carbons (Fsp3) is 0.167. The predicted octanol–water partition coefficient (Wildman–Crippen LogP) is 1.28. The Kier molecular flexibility index (Phi) is 3.42. The summed E-state index contributed by atoms with van der Waals surface area (Å²) >= 11 is 0. The number of aromatic nitrogens is 1. The van der Waals surface area contributed by atoms with Gasteiger partial charge < -0.3 is 9.39 Å². The van der Waals surface area contributed by atoms with Crippen LogP contribution in [0.2, 0.25) is 0 Å². The van der Waals surface area contributed by atoms with Crippen molar-refractivity contribution in [3.05, 3.63) is 39.7 Å². The van der Waals surface area contributed by atoms with Crippen LogP contribution in [0, 0.1) is 11.6 Å². The molecule has 0 aliphatic carbocycles. The van der Waals surface area contributed by atoms with E-state index in [-0.39, 0.29) is 12.2 Å². The number of rotatable bonds is 2. The number of halogens is 4. The van der Waals surface area contributed by atoms with Gasteiger partial charge in [0, 0.05) is 13.2 Å². The SMILES string of the molecule is CN1COc2c(F)c(F)cc3c(=O)c(C(=O)OB(F)F)cn1c23. The Morgan fingerprint density at radius 3 is 2.74 bits per heavy atom. The highest BCUT2D eigenvalue weighted by atomic mass is 19.2. The molecule has 3 rings (SSSR count). The Bertz CT molecular complexity index is 886. The minimum Gasteiger partial charge on any atom is -0.474 e. The summed E-state index contributed by atoms with van der Waals surface area (Å²) in [5.74, 6) is -4.72. The number of pyridine rings is 1. The van der Waals surface area contributed by atoms with Crippen molar-refractivity contribution in [2.75, 3.05) is 18.8 Å². The average molecular weight is 330 g/mol. The third-order valence-electron chi connectivity index (χ3n) is 3.30. The Labute approximate surface area is 126 Å². The summed E-state index contributed by atoms with van der Waals surface area (Å²) in [6, 6.07) is 0.578. The van der Waals surface area contributed by atoms with Crippen LogP contribution >= 0.6 is 0 Å². The Hall–Kier alpha value is -2.72. The number of ether oxygens (including phenoxy) is 1. The van der Waals surface area contributed by atoms with Gasteiger partial charge in [-0.05, 0) is 6.07 Å². The van der Waals surface area contributed by atoms with Crippen molar-refractivity contribution in [1.29, 1.82) is 0 Å². The Morgan fingerprint density at radius 1 is 1.39 bits per heavy atom. The molecule has 1 aromatic carbocycles. The van der Waals surface area contributed by atoms with E-state index in [0.717, 1.165) is 10.9 Å². The van der Waals surface area contributed by atoms with Crippen molar-refractivity contribution in [3.63, 3.8) is 0 Å². The lowest BCUT2D eigenvalue weighted by molar-refractivity contribution is 0.0693. The topological polar surface area (TPSA) is 60.8 Å². The molecule has 0 saturated carbocycles. The van der Waals surface area contributed by atoms with Gasteiger partial charge in [0.25, 0.3) is 0 Å². The first-order valence-electron chi connectivity index (χ1n) is 6.22. The number of benzene rings is 1. The average Bonchev–Trinajstić information content (AvgIpc) is 2.47. The molecule has 0 spiro atoms. The van der Waals surface area contributed by atoms with E-state index >= 15 is 0 Å². The quantitative estimate of drug-likeness (QED) is 0.613. The minimum absolute atomic E-state index is 0.115.